The molecule has 0 aliphatic heterocycles. The number of thioether (sulfide) groups is 1. The van der Waals surface area contributed by atoms with Crippen LogP contribution in [0, 0.1) is 18.3 Å². The Labute approximate surface area is 202 Å². The number of amides is 1. The molecule has 0 spiro atoms. The number of rotatable bonds is 7. The molecule has 9 nitrogen and oxygen atoms in total. The number of ether oxygens (including phenoxy) is 2. The number of nitrogens with one attached hydrogen (secondary N) is 2. The van der Waals surface area contributed by atoms with Crippen molar-refractivity contribution in [3.05, 3.63) is 57.9 Å². The van der Waals surface area contributed by atoms with Gasteiger partial charge in [-0.15, -0.1) is 0 Å². The first-order valence-corrected chi connectivity index (χ1v) is 11.8. The molecule has 0 fully saturated rings. The van der Waals surface area contributed by atoms with Crippen LogP contribution in [0.1, 0.15) is 11.1 Å². The summed E-state index contributed by atoms with van der Waals surface area (Å²) in [6.45, 7) is 2.00. The van der Waals surface area contributed by atoms with Crippen molar-refractivity contribution in [1.82, 2.24) is 15.0 Å². The van der Waals surface area contributed by atoms with Crippen molar-refractivity contribution in [2.24, 2.45) is 0 Å². The molecule has 1 amide bonds. The van der Waals surface area contributed by atoms with Crippen molar-refractivity contribution in [2.75, 3.05) is 25.3 Å². The number of aromatic nitrogens is 3. The van der Waals surface area contributed by atoms with E-state index in [2.05, 4.69) is 20.3 Å². The first kappa shape index (κ1) is 23.3. The van der Waals surface area contributed by atoms with Crippen LogP contribution >= 0.6 is 23.1 Å². The number of H-pyrrole nitrogens is 1. The predicted octanol–water partition coefficient (Wildman–Crippen LogP) is 3.97. The van der Waals surface area contributed by atoms with E-state index in [-0.39, 0.29) is 28.1 Å². The maximum Gasteiger partial charge on any atom is 0.270 e. The molecule has 2 heterocycles. The number of aryl methyl sites for hydroxylation is 1. The first-order chi connectivity index (χ1) is 16.4. The normalized spacial score (nSPS) is 10.6. The number of hydrogen-bond donors (Lipinski definition) is 2. The minimum absolute atomic E-state index is 0.00479. The maximum absolute atomic E-state index is 12.5. The van der Waals surface area contributed by atoms with Crippen molar-refractivity contribution in [3.8, 4) is 28.8 Å². The van der Waals surface area contributed by atoms with Gasteiger partial charge >= 0.3 is 0 Å². The fraction of sp³-hybridized carbons (Fsp3) is 0.174. The Kier molecular flexibility index (Phi) is 6.81. The lowest BCUT2D eigenvalue weighted by Gasteiger charge is -2.10. The van der Waals surface area contributed by atoms with Gasteiger partial charge in [-0.05, 0) is 42.8 Å². The molecule has 0 unspecified atom stereocenters. The zero-order valence-electron chi connectivity index (χ0n) is 18.5. The molecular formula is C23H19N5O4S2. The van der Waals surface area contributed by atoms with Gasteiger partial charge in [0.05, 0.1) is 35.9 Å². The molecule has 0 saturated heterocycles. The second-order valence-corrected chi connectivity index (χ2v) is 9.10. The van der Waals surface area contributed by atoms with E-state index in [1.54, 1.807) is 18.2 Å². The molecule has 4 rings (SSSR count). The van der Waals surface area contributed by atoms with Crippen molar-refractivity contribution < 1.29 is 14.3 Å². The molecule has 11 heteroatoms. The van der Waals surface area contributed by atoms with Gasteiger partial charge in [0, 0.05) is 5.56 Å². The largest absolute Gasteiger partial charge is 0.493 e. The van der Waals surface area contributed by atoms with Crippen LogP contribution in [0.4, 0.5) is 5.13 Å². The summed E-state index contributed by atoms with van der Waals surface area (Å²) in [5.74, 6) is 0.645. The molecule has 0 saturated carbocycles. The second kappa shape index (κ2) is 9.94. The van der Waals surface area contributed by atoms with Crippen LogP contribution < -0.4 is 20.3 Å². The number of fused-ring (bicyclic) bond motifs is 1. The monoisotopic (exact) mass is 493 g/mol. The minimum atomic E-state index is -0.591. The third-order valence-corrected chi connectivity index (χ3v) is 6.60. The summed E-state index contributed by atoms with van der Waals surface area (Å²) in [5, 5.41) is 13.0. The minimum Gasteiger partial charge on any atom is -0.493 e. The Hall–Kier alpha value is -3.88. The number of carbonyl (C=O) groups is 1. The van der Waals surface area contributed by atoms with Crippen molar-refractivity contribution in [1.29, 1.82) is 5.26 Å². The molecule has 2 aromatic heterocycles. The van der Waals surface area contributed by atoms with E-state index in [1.165, 1.54) is 25.6 Å². The zero-order valence-corrected chi connectivity index (χ0v) is 20.1. The fourth-order valence-electron chi connectivity index (χ4n) is 3.19. The highest BCUT2D eigenvalue weighted by atomic mass is 32.2. The smallest absolute Gasteiger partial charge is 0.270 e. The highest BCUT2D eigenvalue weighted by Gasteiger charge is 2.17. The Morgan fingerprint density at radius 1 is 1.18 bits per heavy atom. The summed E-state index contributed by atoms with van der Waals surface area (Å²) in [6, 6.07) is 12.8. The van der Waals surface area contributed by atoms with E-state index in [9.17, 15) is 14.9 Å². The number of anilines is 1. The van der Waals surface area contributed by atoms with Gasteiger partial charge in [0.2, 0.25) is 5.91 Å². The topological polar surface area (TPSA) is 130 Å². The highest BCUT2D eigenvalue weighted by molar-refractivity contribution is 7.99. The van der Waals surface area contributed by atoms with Gasteiger partial charge in [0.15, 0.2) is 21.8 Å². The van der Waals surface area contributed by atoms with E-state index in [1.807, 2.05) is 31.2 Å². The number of carbonyl (C=O) groups excluding carboxylic acids is 1. The Balaban J connectivity index is 1.54. The van der Waals surface area contributed by atoms with E-state index < -0.39 is 5.56 Å². The van der Waals surface area contributed by atoms with Gasteiger partial charge in [-0.1, -0.05) is 29.2 Å². The van der Waals surface area contributed by atoms with E-state index in [0.717, 1.165) is 27.5 Å². The summed E-state index contributed by atoms with van der Waals surface area (Å²) in [6.07, 6.45) is 0. The van der Waals surface area contributed by atoms with Crippen LogP contribution in [-0.4, -0.2) is 40.8 Å². The Bertz CT molecular complexity index is 1490. The van der Waals surface area contributed by atoms with Crippen LogP contribution in [0.2, 0.25) is 0 Å². The van der Waals surface area contributed by atoms with Gasteiger partial charge in [-0.25, -0.2) is 9.97 Å². The number of nitriles is 1. The molecule has 0 bridgehead atoms. The maximum atomic E-state index is 12.5. The molecule has 34 heavy (non-hydrogen) atoms. The lowest BCUT2D eigenvalue weighted by molar-refractivity contribution is -0.113. The third-order valence-electron chi connectivity index (χ3n) is 4.80. The summed E-state index contributed by atoms with van der Waals surface area (Å²) < 4.78 is 11.5. The Morgan fingerprint density at radius 3 is 2.71 bits per heavy atom. The van der Waals surface area contributed by atoms with Crippen LogP contribution in [-0.2, 0) is 4.79 Å². The SMILES string of the molecule is COc1ccc(-c2nc(SCC(=O)Nc3nc4ccc(C)cc4s3)[nH]c(=O)c2C#N)cc1OC. The lowest BCUT2D eigenvalue weighted by atomic mass is 10.1. The van der Waals surface area contributed by atoms with Crippen molar-refractivity contribution in [2.45, 2.75) is 12.1 Å². The highest BCUT2D eigenvalue weighted by Crippen LogP contribution is 2.33. The van der Waals surface area contributed by atoms with Gasteiger partial charge in [-0.2, -0.15) is 5.26 Å². The number of benzene rings is 2. The van der Waals surface area contributed by atoms with Gasteiger partial charge in [0.25, 0.3) is 5.56 Å². The van der Waals surface area contributed by atoms with Gasteiger partial charge in [0.1, 0.15) is 11.6 Å². The molecule has 0 aliphatic carbocycles. The molecule has 172 valence electrons. The van der Waals surface area contributed by atoms with Crippen LogP contribution in [0.5, 0.6) is 11.5 Å². The quantitative estimate of drug-likeness (QED) is 0.292. The predicted molar refractivity (Wildman–Crippen MR) is 132 cm³/mol. The number of aromatic amines is 1. The summed E-state index contributed by atoms with van der Waals surface area (Å²) in [7, 11) is 3.00. The van der Waals surface area contributed by atoms with Gasteiger partial charge in [-0.3, -0.25) is 9.59 Å². The molecule has 0 atom stereocenters. The van der Waals surface area contributed by atoms with E-state index in [4.69, 9.17) is 9.47 Å². The third kappa shape index (κ3) is 4.88. The van der Waals surface area contributed by atoms with Crippen LogP contribution in [0.3, 0.4) is 0 Å². The summed E-state index contributed by atoms with van der Waals surface area (Å²) in [4.78, 5) is 36.4. The Morgan fingerprint density at radius 2 is 1.97 bits per heavy atom. The molecule has 2 aromatic carbocycles. The zero-order chi connectivity index (χ0) is 24.2. The number of nitrogens with zero attached hydrogens (tertiary/aromatic N) is 3. The van der Waals surface area contributed by atoms with Gasteiger partial charge < -0.3 is 19.8 Å². The standard InChI is InChI=1S/C23H19N5O4S2/c1-12-4-6-15-18(8-12)34-23(25-15)26-19(29)11-33-22-27-20(14(10-24)21(30)28-22)13-5-7-16(31-2)17(9-13)32-3/h4-9H,11H2,1-3H3,(H,25,26,29)(H,27,28,30). The molecule has 0 aliphatic rings. The summed E-state index contributed by atoms with van der Waals surface area (Å²) >= 11 is 2.44. The number of methoxy groups -OCH3 is 2. The lowest BCUT2D eigenvalue weighted by Crippen LogP contribution is -2.17. The fourth-order valence-corrected chi connectivity index (χ4v) is 4.83. The molecule has 4 aromatic rings. The van der Waals surface area contributed by atoms with E-state index in [0.29, 0.717) is 22.2 Å². The van der Waals surface area contributed by atoms with Crippen molar-refractivity contribution in [3.63, 3.8) is 0 Å². The average molecular weight is 494 g/mol. The van der Waals surface area contributed by atoms with Crippen molar-refractivity contribution >= 4 is 44.4 Å². The molecule has 0 radical (unpaired) electrons. The number of thiazole rings is 1. The first-order valence-electron chi connectivity index (χ1n) is 9.98. The van der Waals surface area contributed by atoms with E-state index >= 15 is 0 Å². The van der Waals surface area contributed by atoms with Crippen LogP contribution in [0.25, 0.3) is 21.5 Å². The van der Waals surface area contributed by atoms with Crippen LogP contribution in [0.15, 0.2) is 46.3 Å². The second-order valence-electron chi connectivity index (χ2n) is 7.10. The molecular weight excluding hydrogens is 474 g/mol. The average Bonchev–Trinajstić information content (AvgIpc) is 3.23. The summed E-state index contributed by atoms with van der Waals surface area (Å²) in [5.41, 5.74) is 1.91. The number of hydrogen-bond acceptors (Lipinski definition) is 9. The molecule has 2 N–H and O–H groups in total.